The lowest BCUT2D eigenvalue weighted by molar-refractivity contribution is 0.309. The molecule has 0 fully saturated rings. The lowest BCUT2D eigenvalue weighted by atomic mass is 10.0. The van der Waals surface area contributed by atoms with Crippen LogP contribution in [-0.2, 0) is 6.42 Å². The van der Waals surface area contributed by atoms with Crippen LogP contribution in [0.15, 0.2) is 48.5 Å². The van der Waals surface area contributed by atoms with Crippen molar-refractivity contribution in [2.75, 3.05) is 6.61 Å². The van der Waals surface area contributed by atoms with Gasteiger partial charge < -0.3 is 4.74 Å². The molecule has 0 saturated heterocycles. The van der Waals surface area contributed by atoms with Gasteiger partial charge in [-0.3, -0.25) is 0 Å². The summed E-state index contributed by atoms with van der Waals surface area (Å²) in [6.07, 6.45) is 2.98. The molecule has 0 spiro atoms. The third-order valence-corrected chi connectivity index (χ3v) is 3.95. The number of halogens is 2. The molecule has 0 bridgehead atoms. The van der Waals surface area contributed by atoms with E-state index in [4.69, 9.17) is 27.9 Å². The van der Waals surface area contributed by atoms with Crippen LogP contribution in [-0.4, -0.2) is 6.61 Å². The van der Waals surface area contributed by atoms with E-state index in [2.05, 4.69) is 6.92 Å². The Labute approximate surface area is 136 Å². The van der Waals surface area contributed by atoms with E-state index in [1.54, 1.807) is 0 Å². The molecule has 1 nitrogen and oxygen atoms in total. The summed E-state index contributed by atoms with van der Waals surface area (Å²) in [5.41, 5.74) is 2.24. The summed E-state index contributed by atoms with van der Waals surface area (Å²) in [5, 5.41) is 0.684. The number of ether oxygens (including phenoxy) is 1. The molecular weight excluding hydrogens is 303 g/mol. The van der Waals surface area contributed by atoms with Crippen molar-refractivity contribution < 1.29 is 4.74 Å². The van der Waals surface area contributed by atoms with Gasteiger partial charge in [0.15, 0.2) is 0 Å². The highest BCUT2D eigenvalue weighted by Crippen LogP contribution is 2.27. The van der Waals surface area contributed by atoms with Crippen molar-refractivity contribution in [3.05, 3.63) is 64.7 Å². The van der Waals surface area contributed by atoms with Crippen LogP contribution in [0.5, 0.6) is 5.75 Å². The summed E-state index contributed by atoms with van der Waals surface area (Å²) < 4.78 is 5.65. The molecular formula is C18H20Cl2O. The number of hydrogen-bond acceptors (Lipinski definition) is 1. The highest BCUT2D eigenvalue weighted by Gasteiger charge is 2.09. The quantitative estimate of drug-likeness (QED) is 0.446. The molecule has 0 N–H and O–H groups in total. The molecule has 2 rings (SSSR count). The highest BCUT2D eigenvalue weighted by atomic mass is 35.5. The van der Waals surface area contributed by atoms with E-state index in [-0.39, 0.29) is 5.38 Å². The van der Waals surface area contributed by atoms with Gasteiger partial charge in [-0.05, 0) is 48.2 Å². The SMILES string of the molecule is CCCCOc1ccc(C(Cl)Cc2cccc(Cl)c2)cc1. The third-order valence-electron chi connectivity index (χ3n) is 3.31. The number of alkyl halides is 1. The van der Waals surface area contributed by atoms with Crippen molar-refractivity contribution in [2.24, 2.45) is 0 Å². The molecule has 112 valence electrons. The van der Waals surface area contributed by atoms with Gasteiger partial charge in [-0.1, -0.05) is 49.2 Å². The van der Waals surface area contributed by atoms with Gasteiger partial charge in [0.05, 0.1) is 12.0 Å². The van der Waals surface area contributed by atoms with Gasteiger partial charge in [-0.25, -0.2) is 0 Å². The Bertz CT molecular complexity index is 551. The molecule has 1 atom stereocenters. The molecule has 0 aromatic heterocycles. The van der Waals surface area contributed by atoms with Crippen molar-refractivity contribution in [1.82, 2.24) is 0 Å². The summed E-state index contributed by atoms with van der Waals surface area (Å²) >= 11 is 12.5. The highest BCUT2D eigenvalue weighted by molar-refractivity contribution is 6.30. The molecule has 2 aromatic carbocycles. The third kappa shape index (κ3) is 5.26. The van der Waals surface area contributed by atoms with Gasteiger partial charge in [0, 0.05) is 5.02 Å². The van der Waals surface area contributed by atoms with Crippen LogP contribution in [0.2, 0.25) is 5.02 Å². The normalized spacial score (nSPS) is 12.1. The second-order valence-corrected chi connectivity index (χ2v) is 6.04. The molecule has 0 amide bonds. The van der Waals surface area contributed by atoms with E-state index < -0.39 is 0 Å². The number of rotatable bonds is 7. The Morgan fingerprint density at radius 3 is 2.52 bits per heavy atom. The van der Waals surface area contributed by atoms with Gasteiger partial charge in [-0.15, -0.1) is 11.6 Å². The van der Waals surface area contributed by atoms with E-state index in [1.165, 1.54) is 0 Å². The molecule has 0 heterocycles. The predicted octanol–water partition coefficient (Wildman–Crippen LogP) is 6.04. The molecule has 0 aliphatic heterocycles. The molecule has 0 radical (unpaired) electrons. The van der Waals surface area contributed by atoms with E-state index in [1.807, 2.05) is 48.5 Å². The maximum atomic E-state index is 6.49. The van der Waals surface area contributed by atoms with Crippen LogP contribution >= 0.6 is 23.2 Å². The van der Waals surface area contributed by atoms with Crippen LogP contribution in [0.3, 0.4) is 0 Å². The van der Waals surface area contributed by atoms with Crippen molar-refractivity contribution >= 4 is 23.2 Å². The minimum atomic E-state index is -0.0619. The topological polar surface area (TPSA) is 9.23 Å². The first-order valence-corrected chi connectivity index (χ1v) is 8.11. The molecule has 3 heteroatoms. The van der Waals surface area contributed by atoms with Crippen LogP contribution in [0, 0.1) is 0 Å². The molecule has 1 unspecified atom stereocenters. The second-order valence-electron chi connectivity index (χ2n) is 5.07. The van der Waals surface area contributed by atoms with E-state index in [0.29, 0.717) is 0 Å². The van der Waals surface area contributed by atoms with Crippen LogP contribution < -0.4 is 4.74 Å². The first-order chi connectivity index (χ1) is 10.2. The summed E-state index contributed by atoms with van der Waals surface area (Å²) in [6, 6.07) is 15.9. The summed E-state index contributed by atoms with van der Waals surface area (Å²) in [7, 11) is 0. The minimum Gasteiger partial charge on any atom is -0.494 e. The van der Waals surface area contributed by atoms with E-state index in [0.717, 1.165) is 47.8 Å². The monoisotopic (exact) mass is 322 g/mol. The van der Waals surface area contributed by atoms with E-state index >= 15 is 0 Å². The molecule has 0 aliphatic rings. The first-order valence-electron chi connectivity index (χ1n) is 7.30. The molecule has 0 aliphatic carbocycles. The van der Waals surface area contributed by atoms with Gasteiger partial charge in [0.1, 0.15) is 5.75 Å². The molecule has 2 aromatic rings. The number of hydrogen-bond donors (Lipinski definition) is 0. The zero-order chi connectivity index (χ0) is 15.1. The maximum absolute atomic E-state index is 6.49. The number of unbranched alkanes of at least 4 members (excludes halogenated alkanes) is 1. The van der Waals surface area contributed by atoms with Crippen molar-refractivity contribution in [3.63, 3.8) is 0 Å². The van der Waals surface area contributed by atoms with Gasteiger partial charge in [0.2, 0.25) is 0 Å². The average molecular weight is 323 g/mol. The van der Waals surface area contributed by atoms with Crippen LogP contribution in [0.25, 0.3) is 0 Å². The predicted molar refractivity (Wildman–Crippen MR) is 90.6 cm³/mol. The Balaban J connectivity index is 1.94. The zero-order valence-electron chi connectivity index (χ0n) is 12.2. The first kappa shape index (κ1) is 16.2. The summed E-state index contributed by atoms with van der Waals surface area (Å²) in [6.45, 7) is 2.92. The average Bonchev–Trinajstić information content (AvgIpc) is 2.48. The minimum absolute atomic E-state index is 0.0619. The zero-order valence-corrected chi connectivity index (χ0v) is 13.7. The summed E-state index contributed by atoms with van der Waals surface area (Å²) in [5.74, 6) is 0.902. The van der Waals surface area contributed by atoms with E-state index in [9.17, 15) is 0 Å². The lowest BCUT2D eigenvalue weighted by Gasteiger charge is -2.11. The van der Waals surface area contributed by atoms with Crippen molar-refractivity contribution in [3.8, 4) is 5.75 Å². The standard InChI is InChI=1S/C18H20Cl2O/c1-2-3-11-21-17-9-7-15(8-10-17)18(20)13-14-5-4-6-16(19)12-14/h4-10,12,18H,2-3,11,13H2,1H3. The van der Waals surface area contributed by atoms with Crippen molar-refractivity contribution in [1.29, 1.82) is 0 Å². The van der Waals surface area contributed by atoms with Crippen molar-refractivity contribution in [2.45, 2.75) is 31.6 Å². The van der Waals surface area contributed by atoms with Crippen LogP contribution in [0.4, 0.5) is 0 Å². The Morgan fingerprint density at radius 2 is 1.86 bits per heavy atom. The Kier molecular flexibility index (Phi) is 6.41. The lowest BCUT2D eigenvalue weighted by Crippen LogP contribution is -1.98. The Hall–Kier alpha value is -1.18. The largest absolute Gasteiger partial charge is 0.494 e. The smallest absolute Gasteiger partial charge is 0.119 e. The maximum Gasteiger partial charge on any atom is 0.119 e. The van der Waals surface area contributed by atoms with Gasteiger partial charge >= 0.3 is 0 Å². The van der Waals surface area contributed by atoms with Gasteiger partial charge in [-0.2, -0.15) is 0 Å². The van der Waals surface area contributed by atoms with Gasteiger partial charge in [0.25, 0.3) is 0 Å². The fourth-order valence-corrected chi connectivity index (χ4v) is 2.63. The fourth-order valence-electron chi connectivity index (χ4n) is 2.10. The fraction of sp³-hybridized carbons (Fsp3) is 0.333. The number of benzene rings is 2. The second kappa shape index (κ2) is 8.31. The molecule has 21 heavy (non-hydrogen) atoms. The molecule has 0 saturated carbocycles. The van der Waals surface area contributed by atoms with Crippen LogP contribution in [0.1, 0.15) is 36.3 Å². The summed E-state index contributed by atoms with van der Waals surface area (Å²) in [4.78, 5) is 0. The Morgan fingerprint density at radius 1 is 1.10 bits per heavy atom.